The molecule has 0 bridgehead atoms. The molecule has 136 valence electrons. The molecular formula is C20H18N4O3. The van der Waals surface area contributed by atoms with Crippen LogP contribution in [-0.2, 0) is 0 Å². The summed E-state index contributed by atoms with van der Waals surface area (Å²) in [6.45, 7) is 1.86. The molecule has 1 aromatic carbocycles. The summed E-state index contributed by atoms with van der Waals surface area (Å²) < 4.78 is 12.5. The molecule has 3 heterocycles. The Bertz CT molecular complexity index is 1130. The second-order valence-electron chi connectivity index (χ2n) is 6.06. The zero-order chi connectivity index (χ0) is 18.8. The van der Waals surface area contributed by atoms with Crippen molar-refractivity contribution in [1.29, 1.82) is 0 Å². The van der Waals surface area contributed by atoms with E-state index in [1.165, 1.54) is 10.6 Å². The van der Waals surface area contributed by atoms with Gasteiger partial charge in [0.25, 0.3) is 5.56 Å². The van der Waals surface area contributed by atoms with E-state index in [1.807, 2.05) is 43.3 Å². The standard InChI is InChI=1S/C20H18N4O3/c1-13(27-16-5-3-4-15(10-16)26-2)17-12-20(25)24-19(22-17)11-18(23-24)14-6-8-21-9-7-14/h3-13,23H,1-2H3. The van der Waals surface area contributed by atoms with Gasteiger partial charge < -0.3 is 9.47 Å². The van der Waals surface area contributed by atoms with Gasteiger partial charge in [0.2, 0.25) is 0 Å². The summed E-state index contributed by atoms with van der Waals surface area (Å²) in [6, 6.07) is 14.4. The summed E-state index contributed by atoms with van der Waals surface area (Å²) in [5.74, 6) is 1.35. The molecule has 1 unspecified atom stereocenters. The number of hydrogen-bond acceptors (Lipinski definition) is 5. The van der Waals surface area contributed by atoms with Gasteiger partial charge in [0.1, 0.15) is 17.6 Å². The largest absolute Gasteiger partial charge is 0.497 e. The molecule has 0 aliphatic rings. The number of pyridine rings is 1. The van der Waals surface area contributed by atoms with Crippen molar-refractivity contribution >= 4 is 5.65 Å². The number of hydrogen-bond donors (Lipinski definition) is 1. The van der Waals surface area contributed by atoms with Gasteiger partial charge in [0, 0.05) is 36.2 Å². The fraction of sp³-hybridized carbons (Fsp3) is 0.150. The highest BCUT2D eigenvalue weighted by molar-refractivity contribution is 5.63. The first kappa shape index (κ1) is 16.8. The van der Waals surface area contributed by atoms with E-state index in [-0.39, 0.29) is 5.56 Å². The van der Waals surface area contributed by atoms with Crippen LogP contribution >= 0.6 is 0 Å². The van der Waals surface area contributed by atoms with Gasteiger partial charge in [-0.3, -0.25) is 14.9 Å². The zero-order valence-electron chi connectivity index (χ0n) is 14.9. The Balaban J connectivity index is 1.67. The summed E-state index contributed by atoms with van der Waals surface area (Å²) in [7, 11) is 1.60. The second kappa shape index (κ2) is 6.95. The van der Waals surface area contributed by atoms with E-state index in [1.54, 1.807) is 25.6 Å². The smallest absolute Gasteiger partial charge is 0.273 e. The van der Waals surface area contributed by atoms with Crippen LogP contribution in [0.1, 0.15) is 18.7 Å². The van der Waals surface area contributed by atoms with Crippen LogP contribution in [0.2, 0.25) is 0 Å². The lowest BCUT2D eigenvalue weighted by Crippen LogP contribution is -2.18. The van der Waals surface area contributed by atoms with Crippen LogP contribution in [0.25, 0.3) is 16.9 Å². The average molecular weight is 362 g/mol. The Hall–Kier alpha value is -3.61. The predicted octanol–water partition coefficient (Wildman–Crippen LogP) is 3.23. The number of fused-ring (bicyclic) bond motifs is 1. The van der Waals surface area contributed by atoms with Crippen LogP contribution in [0.4, 0.5) is 0 Å². The number of rotatable bonds is 5. The van der Waals surface area contributed by atoms with Gasteiger partial charge in [-0.05, 0) is 31.2 Å². The van der Waals surface area contributed by atoms with Crippen LogP contribution < -0.4 is 15.0 Å². The third-order valence-electron chi connectivity index (χ3n) is 4.23. The van der Waals surface area contributed by atoms with E-state index < -0.39 is 6.10 Å². The van der Waals surface area contributed by atoms with E-state index in [2.05, 4.69) is 15.1 Å². The van der Waals surface area contributed by atoms with Crippen molar-refractivity contribution in [1.82, 2.24) is 19.6 Å². The fourth-order valence-corrected chi connectivity index (χ4v) is 2.84. The van der Waals surface area contributed by atoms with E-state index in [9.17, 15) is 4.79 Å². The Labute approximate surface area is 155 Å². The minimum absolute atomic E-state index is 0.198. The van der Waals surface area contributed by atoms with E-state index >= 15 is 0 Å². The van der Waals surface area contributed by atoms with Gasteiger partial charge in [-0.2, -0.15) is 0 Å². The molecule has 7 nitrogen and oxygen atoms in total. The average Bonchev–Trinajstić information content (AvgIpc) is 3.14. The first-order chi connectivity index (χ1) is 13.1. The number of benzene rings is 1. The first-order valence-electron chi connectivity index (χ1n) is 8.48. The lowest BCUT2D eigenvalue weighted by Gasteiger charge is -2.14. The Morgan fingerprint density at radius 1 is 1.07 bits per heavy atom. The van der Waals surface area contributed by atoms with Crippen molar-refractivity contribution in [3.8, 4) is 22.8 Å². The third-order valence-corrected chi connectivity index (χ3v) is 4.23. The monoisotopic (exact) mass is 362 g/mol. The molecular weight excluding hydrogens is 344 g/mol. The molecule has 0 radical (unpaired) electrons. The molecule has 4 rings (SSSR count). The molecule has 27 heavy (non-hydrogen) atoms. The third kappa shape index (κ3) is 3.39. The molecule has 0 aliphatic heterocycles. The number of aromatic amines is 1. The molecule has 0 spiro atoms. The van der Waals surface area contributed by atoms with Gasteiger partial charge >= 0.3 is 0 Å². The topological polar surface area (TPSA) is 81.5 Å². The van der Waals surface area contributed by atoms with Crippen molar-refractivity contribution in [2.75, 3.05) is 7.11 Å². The van der Waals surface area contributed by atoms with Gasteiger partial charge in [0.15, 0.2) is 5.65 Å². The number of nitrogens with zero attached hydrogens (tertiary/aromatic N) is 3. The molecule has 0 fully saturated rings. The van der Waals surface area contributed by atoms with E-state index in [0.29, 0.717) is 22.8 Å². The molecule has 0 amide bonds. The Morgan fingerprint density at radius 3 is 2.63 bits per heavy atom. The normalized spacial score (nSPS) is 12.1. The minimum atomic E-state index is -0.394. The van der Waals surface area contributed by atoms with Crippen LogP contribution in [0.5, 0.6) is 11.5 Å². The molecule has 7 heteroatoms. The van der Waals surface area contributed by atoms with Crippen molar-refractivity contribution in [2.45, 2.75) is 13.0 Å². The highest BCUT2D eigenvalue weighted by Crippen LogP contribution is 2.24. The molecule has 1 N–H and O–H groups in total. The number of methoxy groups -OCH3 is 1. The van der Waals surface area contributed by atoms with Gasteiger partial charge in [-0.25, -0.2) is 9.50 Å². The van der Waals surface area contributed by atoms with Crippen LogP contribution in [-0.4, -0.2) is 26.7 Å². The van der Waals surface area contributed by atoms with Crippen molar-refractivity contribution in [2.24, 2.45) is 0 Å². The second-order valence-corrected chi connectivity index (χ2v) is 6.06. The minimum Gasteiger partial charge on any atom is -0.497 e. The van der Waals surface area contributed by atoms with Crippen LogP contribution in [0, 0.1) is 0 Å². The molecule has 4 aromatic rings. The maximum absolute atomic E-state index is 12.5. The number of ether oxygens (including phenoxy) is 2. The molecule has 0 aliphatic carbocycles. The first-order valence-corrected chi connectivity index (χ1v) is 8.48. The Kier molecular flexibility index (Phi) is 4.33. The lowest BCUT2D eigenvalue weighted by atomic mass is 10.2. The van der Waals surface area contributed by atoms with Crippen molar-refractivity contribution < 1.29 is 9.47 Å². The summed E-state index contributed by atoms with van der Waals surface area (Å²) in [6.07, 6.45) is 3.01. The van der Waals surface area contributed by atoms with Gasteiger partial charge in [-0.15, -0.1) is 0 Å². The Morgan fingerprint density at radius 2 is 1.85 bits per heavy atom. The maximum Gasteiger partial charge on any atom is 0.273 e. The quantitative estimate of drug-likeness (QED) is 0.589. The number of nitrogens with one attached hydrogen (secondary N) is 1. The van der Waals surface area contributed by atoms with Crippen molar-refractivity contribution in [3.05, 3.63) is 77.0 Å². The van der Waals surface area contributed by atoms with Crippen LogP contribution in [0.3, 0.4) is 0 Å². The fourth-order valence-electron chi connectivity index (χ4n) is 2.84. The zero-order valence-corrected chi connectivity index (χ0v) is 14.9. The molecule has 3 aromatic heterocycles. The highest BCUT2D eigenvalue weighted by atomic mass is 16.5. The molecule has 0 saturated heterocycles. The number of aromatic nitrogens is 4. The van der Waals surface area contributed by atoms with E-state index in [4.69, 9.17) is 9.47 Å². The SMILES string of the molecule is COc1cccc(OC(C)c2cc(=O)n3[nH]c(-c4ccncc4)cc3n2)c1. The van der Waals surface area contributed by atoms with E-state index in [0.717, 1.165) is 11.3 Å². The summed E-state index contributed by atoms with van der Waals surface area (Å²) in [5.41, 5.74) is 2.61. The summed E-state index contributed by atoms with van der Waals surface area (Å²) in [4.78, 5) is 21.1. The summed E-state index contributed by atoms with van der Waals surface area (Å²) >= 11 is 0. The predicted molar refractivity (Wildman–Crippen MR) is 101 cm³/mol. The van der Waals surface area contributed by atoms with Gasteiger partial charge in [-0.1, -0.05) is 6.07 Å². The maximum atomic E-state index is 12.5. The van der Waals surface area contributed by atoms with Crippen molar-refractivity contribution in [3.63, 3.8) is 0 Å². The summed E-state index contributed by atoms with van der Waals surface area (Å²) in [5, 5.41) is 3.07. The molecule has 0 saturated carbocycles. The van der Waals surface area contributed by atoms with Crippen LogP contribution in [0.15, 0.2) is 65.7 Å². The highest BCUT2D eigenvalue weighted by Gasteiger charge is 2.14. The molecule has 1 atom stereocenters. The number of H-pyrrole nitrogens is 1. The lowest BCUT2D eigenvalue weighted by molar-refractivity contribution is 0.221. The van der Waals surface area contributed by atoms with Gasteiger partial charge in [0.05, 0.1) is 18.5 Å².